The SMILES string of the molecule is O=C(O)c1nn2c(c1-c1ccccn1)CCCC2. The Morgan fingerprint density at radius 3 is 2.94 bits per heavy atom. The standard InChI is InChI=1S/C13H13N3O2/c17-13(18)12-11(9-5-1-3-7-14-9)10-6-2-4-8-16(10)15-12/h1,3,5,7H,2,4,6,8H2,(H,17,18). The van der Waals surface area contributed by atoms with Gasteiger partial charge in [-0.3, -0.25) is 9.67 Å². The lowest BCUT2D eigenvalue weighted by Gasteiger charge is -2.14. The van der Waals surface area contributed by atoms with Crippen LogP contribution in [0.1, 0.15) is 29.0 Å². The summed E-state index contributed by atoms with van der Waals surface area (Å²) in [6.07, 6.45) is 4.67. The van der Waals surface area contributed by atoms with E-state index in [0.717, 1.165) is 31.5 Å². The summed E-state index contributed by atoms with van der Waals surface area (Å²) in [5, 5.41) is 13.5. The van der Waals surface area contributed by atoms with Crippen molar-refractivity contribution >= 4 is 5.97 Å². The van der Waals surface area contributed by atoms with Gasteiger partial charge in [0.2, 0.25) is 0 Å². The molecule has 5 nitrogen and oxygen atoms in total. The second kappa shape index (κ2) is 4.25. The molecular weight excluding hydrogens is 230 g/mol. The van der Waals surface area contributed by atoms with Crippen molar-refractivity contribution < 1.29 is 9.90 Å². The van der Waals surface area contributed by atoms with E-state index >= 15 is 0 Å². The largest absolute Gasteiger partial charge is 0.476 e. The van der Waals surface area contributed by atoms with E-state index in [1.54, 1.807) is 6.20 Å². The lowest BCUT2D eigenvalue weighted by molar-refractivity contribution is 0.0690. The number of fused-ring (bicyclic) bond motifs is 1. The number of aromatic nitrogens is 3. The summed E-state index contributed by atoms with van der Waals surface area (Å²) in [5.74, 6) is -0.988. The smallest absolute Gasteiger partial charge is 0.357 e. The maximum Gasteiger partial charge on any atom is 0.357 e. The molecule has 0 bridgehead atoms. The summed E-state index contributed by atoms with van der Waals surface area (Å²) in [6.45, 7) is 0.794. The monoisotopic (exact) mass is 243 g/mol. The maximum atomic E-state index is 11.3. The zero-order chi connectivity index (χ0) is 12.5. The van der Waals surface area contributed by atoms with Crippen LogP contribution in [0.25, 0.3) is 11.3 Å². The Kier molecular flexibility index (Phi) is 2.59. The van der Waals surface area contributed by atoms with Crippen molar-refractivity contribution in [3.05, 3.63) is 35.8 Å². The molecule has 0 radical (unpaired) electrons. The van der Waals surface area contributed by atoms with E-state index in [9.17, 15) is 9.90 Å². The van der Waals surface area contributed by atoms with E-state index in [2.05, 4.69) is 10.1 Å². The number of hydrogen-bond donors (Lipinski definition) is 1. The fourth-order valence-corrected chi connectivity index (χ4v) is 2.42. The van der Waals surface area contributed by atoms with Crippen LogP contribution in [0.15, 0.2) is 24.4 Å². The van der Waals surface area contributed by atoms with Crippen LogP contribution in [-0.4, -0.2) is 25.8 Å². The van der Waals surface area contributed by atoms with Crippen LogP contribution in [0.5, 0.6) is 0 Å². The van der Waals surface area contributed by atoms with Gasteiger partial charge in [0.05, 0.1) is 11.3 Å². The molecule has 92 valence electrons. The van der Waals surface area contributed by atoms with Crippen molar-refractivity contribution in [2.75, 3.05) is 0 Å². The van der Waals surface area contributed by atoms with Gasteiger partial charge in [-0.05, 0) is 31.4 Å². The second-order valence-electron chi connectivity index (χ2n) is 4.37. The molecule has 0 unspecified atom stereocenters. The average molecular weight is 243 g/mol. The van der Waals surface area contributed by atoms with Crippen molar-refractivity contribution in [1.82, 2.24) is 14.8 Å². The highest BCUT2D eigenvalue weighted by molar-refractivity contribution is 5.94. The highest BCUT2D eigenvalue weighted by Crippen LogP contribution is 2.29. The van der Waals surface area contributed by atoms with E-state index in [4.69, 9.17) is 0 Å². The van der Waals surface area contributed by atoms with Gasteiger partial charge in [0.15, 0.2) is 5.69 Å². The molecule has 0 saturated carbocycles. The van der Waals surface area contributed by atoms with Gasteiger partial charge in [0, 0.05) is 18.4 Å². The van der Waals surface area contributed by atoms with Crippen LogP contribution in [-0.2, 0) is 13.0 Å². The van der Waals surface area contributed by atoms with E-state index in [0.29, 0.717) is 11.3 Å². The van der Waals surface area contributed by atoms with Gasteiger partial charge in [-0.1, -0.05) is 6.07 Å². The van der Waals surface area contributed by atoms with Gasteiger partial charge in [-0.15, -0.1) is 0 Å². The molecule has 1 aliphatic heterocycles. The topological polar surface area (TPSA) is 68.0 Å². The number of aromatic carboxylic acids is 1. The highest BCUT2D eigenvalue weighted by Gasteiger charge is 2.25. The summed E-state index contributed by atoms with van der Waals surface area (Å²) < 4.78 is 1.82. The molecular formula is C13H13N3O2. The minimum absolute atomic E-state index is 0.116. The van der Waals surface area contributed by atoms with E-state index < -0.39 is 5.97 Å². The first kappa shape index (κ1) is 11.0. The predicted molar refractivity (Wildman–Crippen MR) is 65.4 cm³/mol. The summed E-state index contributed by atoms with van der Waals surface area (Å²) in [7, 11) is 0. The fraction of sp³-hybridized carbons (Fsp3) is 0.308. The Morgan fingerprint density at radius 2 is 2.22 bits per heavy atom. The molecule has 0 amide bonds. The minimum Gasteiger partial charge on any atom is -0.476 e. The number of carboxylic acids is 1. The molecule has 2 aromatic rings. The van der Waals surface area contributed by atoms with Gasteiger partial charge in [0.1, 0.15) is 0 Å². The van der Waals surface area contributed by atoms with Crippen LogP contribution in [0, 0.1) is 0 Å². The molecule has 5 heteroatoms. The zero-order valence-corrected chi connectivity index (χ0v) is 9.83. The quantitative estimate of drug-likeness (QED) is 0.875. The molecule has 3 rings (SSSR count). The van der Waals surface area contributed by atoms with Crippen LogP contribution in [0.4, 0.5) is 0 Å². The van der Waals surface area contributed by atoms with Gasteiger partial charge >= 0.3 is 5.97 Å². The van der Waals surface area contributed by atoms with E-state index in [1.807, 2.05) is 22.9 Å². The molecule has 0 aliphatic carbocycles. The molecule has 18 heavy (non-hydrogen) atoms. The molecule has 0 fully saturated rings. The van der Waals surface area contributed by atoms with Crippen molar-refractivity contribution in [2.45, 2.75) is 25.8 Å². The second-order valence-corrected chi connectivity index (χ2v) is 4.37. The lowest BCUT2D eigenvalue weighted by atomic mass is 10.0. The first-order valence-electron chi connectivity index (χ1n) is 6.02. The Labute approximate surface area is 104 Å². The van der Waals surface area contributed by atoms with Gasteiger partial charge < -0.3 is 5.11 Å². The summed E-state index contributed by atoms with van der Waals surface area (Å²) in [5.41, 5.74) is 2.49. The van der Waals surface area contributed by atoms with Gasteiger partial charge in [0.25, 0.3) is 0 Å². The number of carboxylic acid groups (broad SMARTS) is 1. The number of pyridine rings is 1. The zero-order valence-electron chi connectivity index (χ0n) is 9.83. The van der Waals surface area contributed by atoms with Gasteiger partial charge in [-0.25, -0.2) is 4.79 Å². The molecule has 3 heterocycles. The Morgan fingerprint density at radius 1 is 1.33 bits per heavy atom. The molecule has 0 atom stereocenters. The number of nitrogens with zero attached hydrogens (tertiary/aromatic N) is 3. The minimum atomic E-state index is -0.988. The third kappa shape index (κ3) is 1.68. The molecule has 0 spiro atoms. The molecule has 0 aromatic carbocycles. The number of carbonyl (C=O) groups is 1. The average Bonchev–Trinajstić information content (AvgIpc) is 2.79. The predicted octanol–water partition coefficient (Wildman–Crippen LogP) is 1.98. The third-order valence-electron chi connectivity index (χ3n) is 3.21. The van der Waals surface area contributed by atoms with E-state index in [-0.39, 0.29) is 5.69 Å². The summed E-state index contributed by atoms with van der Waals surface area (Å²) >= 11 is 0. The molecule has 2 aromatic heterocycles. The Bertz CT molecular complexity index is 590. The van der Waals surface area contributed by atoms with Crippen LogP contribution in [0.3, 0.4) is 0 Å². The van der Waals surface area contributed by atoms with Crippen molar-refractivity contribution in [3.8, 4) is 11.3 Å². The number of rotatable bonds is 2. The van der Waals surface area contributed by atoms with E-state index in [1.165, 1.54) is 0 Å². The van der Waals surface area contributed by atoms with Crippen molar-refractivity contribution in [3.63, 3.8) is 0 Å². The Balaban J connectivity index is 2.23. The first-order chi connectivity index (χ1) is 8.77. The van der Waals surface area contributed by atoms with Gasteiger partial charge in [-0.2, -0.15) is 5.10 Å². The fourth-order valence-electron chi connectivity index (χ4n) is 2.42. The van der Waals surface area contributed by atoms with Crippen LogP contribution in [0.2, 0.25) is 0 Å². The maximum absolute atomic E-state index is 11.3. The Hall–Kier alpha value is -2.17. The number of hydrogen-bond acceptors (Lipinski definition) is 3. The molecule has 0 saturated heterocycles. The molecule has 1 N–H and O–H groups in total. The van der Waals surface area contributed by atoms with Crippen LogP contribution >= 0.6 is 0 Å². The summed E-state index contributed by atoms with van der Waals surface area (Å²) in [4.78, 5) is 15.6. The normalized spacial score (nSPS) is 14.2. The van der Waals surface area contributed by atoms with Crippen LogP contribution < -0.4 is 0 Å². The summed E-state index contributed by atoms with van der Waals surface area (Å²) in [6, 6.07) is 5.51. The first-order valence-corrected chi connectivity index (χ1v) is 6.02. The molecule has 1 aliphatic rings. The lowest BCUT2D eigenvalue weighted by Crippen LogP contribution is -2.11. The van der Waals surface area contributed by atoms with Crippen molar-refractivity contribution in [1.29, 1.82) is 0 Å². The number of aryl methyl sites for hydroxylation is 1. The highest BCUT2D eigenvalue weighted by atomic mass is 16.4. The third-order valence-corrected chi connectivity index (χ3v) is 3.21. The van der Waals surface area contributed by atoms with Crippen molar-refractivity contribution in [2.24, 2.45) is 0 Å².